The maximum absolute atomic E-state index is 13.7. The van der Waals surface area contributed by atoms with Crippen molar-refractivity contribution in [3.63, 3.8) is 0 Å². The predicted molar refractivity (Wildman–Crippen MR) is 142 cm³/mol. The van der Waals surface area contributed by atoms with Crippen LogP contribution in [0.4, 0.5) is 18.9 Å². The lowest BCUT2D eigenvalue weighted by atomic mass is 9.82. The van der Waals surface area contributed by atoms with Gasteiger partial charge in [-0.25, -0.2) is 9.59 Å². The number of amides is 1. The molecule has 2 aromatic carbocycles. The van der Waals surface area contributed by atoms with Crippen LogP contribution in [0.2, 0.25) is 0 Å². The third kappa shape index (κ3) is 9.09. The standard InChI is InChI=1S/C24H29F3N2O3.C4H4O4/c1-28(2)11-12-29-22-10-7-18(24(25,26)27)13-17(22)14-20(21(15-31-3)23(29)30)16-5-8-19(32-4)9-6-16;5-3(6)1-2-4(7)8/h5-10,13,20-21H,11-12,14-15H2,1-4H3;1-2H,(H,5,6)(H,7,8). The summed E-state index contributed by atoms with van der Waals surface area (Å²) in [5, 5.41) is 15.6. The Balaban J connectivity index is 0.000000611. The van der Waals surface area contributed by atoms with Crippen molar-refractivity contribution in [3.05, 3.63) is 71.3 Å². The Hall–Kier alpha value is -3.90. The highest BCUT2D eigenvalue weighted by molar-refractivity contribution is 5.97. The lowest BCUT2D eigenvalue weighted by molar-refractivity contribution is -0.137. The molecule has 2 N–H and O–H groups in total. The second-order valence-electron chi connectivity index (χ2n) is 9.29. The Kier molecular flexibility index (Phi) is 11.7. The summed E-state index contributed by atoms with van der Waals surface area (Å²) in [6.45, 7) is 1.13. The second-order valence-corrected chi connectivity index (χ2v) is 9.29. The number of benzene rings is 2. The van der Waals surface area contributed by atoms with Crippen LogP contribution in [0.1, 0.15) is 22.6 Å². The van der Waals surface area contributed by atoms with E-state index in [4.69, 9.17) is 19.7 Å². The van der Waals surface area contributed by atoms with Crippen LogP contribution in [0.5, 0.6) is 5.75 Å². The summed E-state index contributed by atoms with van der Waals surface area (Å²) >= 11 is 0. The fourth-order valence-electron chi connectivity index (χ4n) is 4.30. The van der Waals surface area contributed by atoms with Crippen LogP contribution in [0, 0.1) is 5.92 Å². The second kappa shape index (κ2) is 14.5. The number of carboxylic acids is 2. The van der Waals surface area contributed by atoms with Gasteiger partial charge in [-0.15, -0.1) is 0 Å². The summed E-state index contributed by atoms with van der Waals surface area (Å²) in [7, 11) is 6.88. The van der Waals surface area contributed by atoms with Gasteiger partial charge in [-0.3, -0.25) is 4.79 Å². The highest BCUT2D eigenvalue weighted by Gasteiger charge is 2.39. The molecule has 0 fully saturated rings. The molecule has 2 aromatic rings. The largest absolute Gasteiger partial charge is 0.497 e. The van der Waals surface area contributed by atoms with Crippen LogP contribution >= 0.6 is 0 Å². The van der Waals surface area contributed by atoms with Crippen molar-refractivity contribution in [3.8, 4) is 5.75 Å². The summed E-state index contributed by atoms with van der Waals surface area (Å²) in [5.41, 5.74) is 1.18. The van der Waals surface area contributed by atoms with Crippen LogP contribution in [0.3, 0.4) is 0 Å². The SMILES string of the molecule is COCC1C(=O)N(CCN(C)C)c2ccc(C(F)(F)F)cc2CC1c1ccc(OC)cc1.O=C(O)C=CC(=O)O. The number of alkyl halides is 3. The molecule has 12 heteroatoms. The highest BCUT2D eigenvalue weighted by Crippen LogP contribution is 2.41. The summed E-state index contributed by atoms with van der Waals surface area (Å²) in [6, 6.07) is 11.0. The number of halogens is 3. The van der Waals surface area contributed by atoms with Gasteiger partial charge in [0.05, 0.1) is 25.2 Å². The number of carbonyl (C=O) groups excluding carboxylic acids is 1. The molecule has 1 amide bonds. The number of aliphatic carboxylic acids is 2. The summed E-state index contributed by atoms with van der Waals surface area (Å²) in [6.07, 6.45) is -3.05. The Bertz CT molecular complexity index is 1180. The predicted octanol–water partition coefficient (Wildman–Crippen LogP) is 3.92. The lowest BCUT2D eigenvalue weighted by Gasteiger charge is -2.29. The van der Waals surface area contributed by atoms with Crippen molar-refractivity contribution in [2.75, 3.05) is 52.9 Å². The molecule has 0 bridgehead atoms. The van der Waals surface area contributed by atoms with Crippen molar-refractivity contribution in [1.29, 1.82) is 0 Å². The van der Waals surface area contributed by atoms with Crippen LogP contribution in [-0.4, -0.2) is 81.0 Å². The minimum atomic E-state index is -4.46. The molecule has 218 valence electrons. The first-order valence-corrected chi connectivity index (χ1v) is 12.2. The molecule has 0 aliphatic carbocycles. The maximum Gasteiger partial charge on any atom is 0.416 e. The van der Waals surface area contributed by atoms with E-state index in [0.717, 1.165) is 11.6 Å². The van der Waals surface area contributed by atoms with Gasteiger partial charge in [0.1, 0.15) is 5.75 Å². The summed E-state index contributed by atoms with van der Waals surface area (Å²) < 4.78 is 51.0. The molecule has 3 rings (SSSR count). The van der Waals surface area contributed by atoms with Crippen molar-refractivity contribution >= 4 is 23.5 Å². The number of likely N-dealkylation sites (N-methyl/N-ethyl adjacent to an activating group) is 1. The molecule has 1 aliphatic heterocycles. The van der Waals surface area contributed by atoms with Crippen LogP contribution in [0.15, 0.2) is 54.6 Å². The zero-order valence-corrected chi connectivity index (χ0v) is 22.6. The first-order chi connectivity index (χ1) is 18.8. The Morgan fingerprint density at radius 1 is 1.05 bits per heavy atom. The fourth-order valence-corrected chi connectivity index (χ4v) is 4.30. The van der Waals surface area contributed by atoms with Gasteiger partial charge < -0.3 is 29.5 Å². The quantitative estimate of drug-likeness (QED) is 0.439. The van der Waals surface area contributed by atoms with Gasteiger partial charge in [-0.05, 0) is 62.0 Å². The number of hydrogen-bond donors (Lipinski definition) is 2. The van der Waals surface area contributed by atoms with Gasteiger partial charge in [0.2, 0.25) is 5.91 Å². The number of fused-ring (bicyclic) bond motifs is 1. The number of rotatable bonds is 9. The van der Waals surface area contributed by atoms with Gasteiger partial charge in [0.15, 0.2) is 0 Å². The van der Waals surface area contributed by atoms with Crippen molar-refractivity contribution in [2.24, 2.45) is 5.92 Å². The number of nitrogens with zero attached hydrogens (tertiary/aromatic N) is 2. The molecular formula is C28H33F3N2O7. The molecule has 0 aromatic heterocycles. The molecule has 2 atom stereocenters. The van der Waals surface area contributed by atoms with Crippen LogP contribution < -0.4 is 9.64 Å². The smallest absolute Gasteiger partial charge is 0.416 e. The monoisotopic (exact) mass is 566 g/mol. The van der Waals surface area contributed by atoms with Gasteiger partial charge in [-0.1, -0.05) is 12.1 Å². The number of anilines is 1. The lowest BCUT2D eigenvalue weighted by Crippen LogP contribution is -2.42. The molecule has 40 heavy (non-hydrogen) atoms. The van der Waals surface area contributed by atoms with Crippen LogP contribution in [-0.2, 0) is 31.7 Å². The van der Waals surface area contributed by atoms with Crippen molar-refractivity contribution in [2.45, 2.75) is 18.5 Å². The van der Waals surface area contributed by atoms with Crippen LogP contribution in [0.25, 0.3) is 0 Å². The third-order valence-corrected chi connectivity index (χ3v) is 6.24. The molecule has 1 heterocycles. The van der Waals surface area contributed by atoms with E-state index in [0.29, 0.717) is 48.7 Å². The average Bonchev–Trinajstić information content (AvgIpc) is 3.00. The minimum Gasteiger partial charge on any atom is -0.497 e. The molecule has 0 saturated heterocycles. The van der Waals surface area contributed by atoms with Crippen molar-refractivity contribution in [1.82, 2.24) is 4.90 Å². The Morgan fingerprint density at radius 2 is 1.65 bits per heavy atom. The van der Waals surface area contributed by atoms with E-state index >= 15 is 0 Å². The third-order valence-electron chi connectivity index (χ3n) is 6.24. The number of methoxy groups -OCH3 is 2. The molecule has 2 unspecified atom stereocenters. The van der Waals surface area contributed by atoms with Gasteiger partial charge >= 0.3 is 18.1 Å². The van der Waals surface area contributed by atoms with Crippen molar-refractivity contribution < 1.29 is 47.2 Å². The number of carbonyl (C=O) groups is 3. The van der Waals surface area contributed by atoms with E-state index < -0.39 is 29.6 Å². The van der Waals surface area contributed by atoms with E-state index in [-0.39, 0.29) is 18.4 Å². The van der Waals surface area contributed by atoms with Gasteiger partial charge in [-0.2, -0.15) is 13.2 Å². The first-order valence-electron chi connectivity index (χ1n) is 12.2. The molecule has 0 saturated carbocycles. The minimum absolute atomic E-state index is 0.145. The Morgan fingerprint density at radius 3 is 2.12 bits per heavy atom. The Labute approximate surface area is 230 Å². The van der Waals surface area contributed by atoms with Gasteiger partial charge in [0, 0.05) is 44.0 Å². The zero-order valence-electron chi connectivity index (χ0n) is 22.6. The number of carboxylic acid groups (broad SMARTS) is 2. The van der Waals surface area contributed by atoms with E-state index in [1.54, 1.807) is 24.1 Å². The van der Waals surface area contributed by atoms with E-state index in [2.05, 4.69) is 0 Å². The molecule has 0 radical (unpaired) electrons. The molecular weight excluding hydrogens is 533 g/mol. The molecule has 1 aliphatic rings. The number of hydrogen-bond acceptors (Lipinski definition) is 6. The summed E-state index contributed by atoms with van der Waals surface area (Å²) in [4.78, 5) is 36.3. The summed E-state index contributed by atoms with van der Waals surface area (Å²) in [5.74, 6) is -2.85. The maximum atomic E-state index is 13.7. The normalized spacial score (nSPS) is 17.2. The average molecular weight is 567 g/mol. The number of ether oxygens (including phenoxy) is 2. The first kappa shape index (κ1) is 32.3. The fraction of sp³-hybridized carbons (Fsp3) is 0.393. The molecule has 9 nitrogen and oxygen atoms in total. The highest BCUT2D eigenvalue weighted by atomic mass is 19.4. The van der Waals surface area contributed by atoms with E-state index in [9.17, 15) is 27.6 Å². The molecule has 0 spiro atoms. The van der Waals surface area contributed by atoms with E-state index in [1.165, 1.54) is 19.2 Å². The zero-order chi connectivity index (χ0) is 30.0. The van der Waals surface area contributed by atoms with Gasteiger partial charge in [0.25, 0.3) is 0 Å². The van der Waals surface area contributed by atoms with E-state index in [1.807, 2.05) is 31.1 Å². The topological polar surface area (TPSA) is 117 Å².